The van der Waals surface area contributed by atoms with Gasteiger partial charge in [-0.1, -0.05) is 29.8 Å². The summed E-state index contributed by atoms with van der Waals surface area (Å²) in [4.78, 5) is 24.2. The Morgan fingerprint density at radius 3 is 2.65 bits per heavy atom. The van der Waals surface area contributed by atoms with E-state index in [1.165, 1.54) is 11.0 Å². The summed E-state index contributed by atoms with van der Waals surface area (Å²) in [5, 5.41) is 9.36. The van der Waals surface area contributed by atoms with E-state index in [9.17, 15) is 9.59 Å². The molecule has 0 radical (unpaired) electrons. The number of carbonyl (C=O) groups excluding carboxylic acids is 1. The maximum absolute atomic E-state index is 12.1. The van der Waals surface area contributed by atoms with Crippen LogP contribution in [0.2, 0.25) is 5.02 Å². The summed E-state index contributed by atoms with van der Waals surface area (Å²) in [7, 11) is 1.59. The predicted molar refractivity (Wildman–Crippen MR) is 72.9 cm³/mol. The van der Waals surface area contributed by atoms with E-state index >= 15 is 0 Å². The minimum atomic E-state index is -1.14. The molecule has 0 atom stereocenters. The number of hydrogen-bond acceptors (Lipinski definition) is 3. The van der Waals surface area contributed by atoms with Crippen LogP contribution in [0.25, 0.3) is 0 Å². The third kappa shape index (κ3) is 3.00. The van der Waals surface area contributed by atoms with Crippen molar-refractivity contribution in [1.82, 2.24) is 4.90 Å². The topological polar surface area (TPSA) is 70.8 Å². The van der Waals surface area contributed by atoms with Crippen LogP contribution in [0, 0.1) is 0 Å². The molecule has 0 saturated heterocycles. The van der Waals surface area contributed by atoms with Crippen molar-refractivity contribution in [3.8, 4) is 0 Å². The van der Waals surface area contributed by atoms with Crippen LogP contribution in [0.4, 0.5) is 0 Å². The van der Waals surface area contributed by atoms with Gasteiger partial charge < -0.3 is 14.4 Å². The van der Waals surface area contributed by atoms with Crippen molar-refractivity contribution in [1.29, 1.82) is 0 Å². The summed E-state index contributed by atoms with van der Waals surface area (Å²) in [5.41, 5.74) is 0.745. The van der Waals surface area contributed by atoms with Gasteiger partial charge >= 0.3 is 5.97 Å². The molecule has 1 amide bonds. The molecule has 0 bridgehead atoms. The normalized spacial score (nSPS) is 10.3. The summed E-state index contributed by atoms with van der Waals surface area (Å²) >= 11 is 6.03. The van der Waals surface area contributed by atoms with Crippen LogP contribution in [-0.4, -0.2) is 28.9 Å². The molecule has 0 aliphatic heterocycles. The summed E-state index contributed by atoms with van der Waals surface area (Å²) in [6.45, 7) is 0.307. The molecule has 0 spiro atoms. The molecular formula is C14H12ClNO4. The molecule has 0 unspecified atom stereocenters. The number of halogens is 1. The van der Waals surface area contributed by atoms with Crippen molar-refractivity contribution >= 4 is 23.5 Å². The van der Waals surface area contributed by atoms with Crippen LogP contribution in [0.5, 0.6) is 0 Å². The second kappa shape index (κ2) is 5.79. The van der Waals surface area contributed by atoms with Gasteiger partial charge in [0, 0.05) is 24.7 Å². The summed E-state index contributed by atoms with van der Waals surface area (Å²) in [6.07, 6.45) is 1.04. The highest BCUT2D eigenvalue weighted by Crippen LogP contribution is 2.18. The highest BCUT2D eigenvalue weighted by Gasteiger charge is 2.18. The number of carboxylic acids is 1. The molecule has 2 aromatic rings. The fourth-order valence-electron chi connectivity index (χ4n) is 1.70. The molecule has 0 aliphatic rings. The van der Waals surface area contributed by atoms with E-state index < -0.39 is 11.9 Å². The van der Waals surface area contributed by atoms with Crippen LogP contribution in [0.15, 0.2) is 41.0 Å². The number of furan rings is 1. The van der Waals surface area contributed by atoms with Gasteiger partial charge in [-0.3, -0.25) is 4.79 Å². The van der Waals surface area contributed by atoms with Crippen molar-refractivity contribution in [2.24, 2.45) is 0 Å². The second-order valence-electron chi connectivity index (χ2n) is 4.26. The SMILES string of the molecule is CN(Cc1ccccc1Cl)C(=O)c1cc(C(=O)O)co1. The van der Waals surface area contributed by atoms with Crippen LogP contribution < -0.4 is 0 Å². The van der Waals surface area contributed by atoms with Crippen molar-refractivity contribution in [2.45, 2.75) is 6.54 Å². The van der Waals surface area contributed by atoms with Crippen LogP contribution in [0.1, 0.15) is 26.5 Å². The van der Waals surface area contributed by atoms with Crippen LogP contribution >= 0.6 is 11.6 Å². The first kappa shape index (κ1) is 14.1. The van der Waals surface area contributed by atoms with Crippen molar-refractivity contribution in [3.05, 3.63) is 58.5 Å². The lowest BCUT2D eigenvalue weighted by Gasteiger charge is -2.16. The van der Waals surface area contributed by atoms with Gasteiger partial charge in [0.1, 0.15) is 6.26 Å². The van der Waals surface area contributed by atoms with E-state index in [0.29, 0.717) is 11.6 Å². The maximum atomic E-state index is 12.1. The first-order chi connectivity index (χ1) is 9.49. The van der Waals surface area contributed by atoms with Gasteiger partial charge in [-0.15, -0.1) is 0 Å². The average Bonchev–Trinajstić information content (AvgIpc) is 2.90. The molecule has 6 heteroatoms. The van der Waals surface area contributed by atoms with E-state index in [1.807, 2.05) is 12.1 Å². The van der Waals surface area contributed by atoms with Gasteiger partial charge in [0.2, 0.25) is 0 Å². The van der Waals surface area contributed by atoms with E-state index in [-0.39, 0.29) is 11.3 Å². The molecule has 1 heterocycles. The summed E-state index contributed by atoms with van der Waals surface area (Å²) in [5.74, 6) is -1.56. The standard InChI is InChI=1S/C14H12ClNO4/c1-16(7-9-4-2-3-5-11(9)15)13(17)12-6-10(8-20-12)14(18)19/h2-6,8H,7H2,1H3,(H,18,19). The first-order valence-electron chi connectivity index (χ1n) is 5.79. The largest absolute Gasteiger partial charge is 0.478 e. The minimum Gasteiger partial charge on any atom is -0.478 e. The zero-order chi connectivity index (χ0) is 14.7. The molecule has 1 aromatic carbocycles. The zero-order valence-corrected chi connectivity index (χ0v) is 11.4. The lowest BCUT2D eigenvalue weighted by molar-refractivity contribution is 0.0695. The smallest absolute Gasteiger partial charge is 0.338 e. The molecular weight excluding hydrogens is 282 g/mol. The highest BCUT2D eigenvalue weighted by atomic mass is 35.5. The number of carboxylic acid groups (broad SMARTS) is 1. The molecule has 104 valence electrons. The molecule has 1 N–H and O–H groups in total. The van der Waals surface area contributed by atoms with E-state index in [0.717, 1.165) is 11.8 Å². The Hall–Kier alpha value is -2.27. The van der Waals surface area contributed by atoms with Crippen molar-refractivity contribution in [3.63, 3.8) is 0 Å². The third-order valence-corrected chi connectivity index (χ3v) is 3.14. The fourth-order valence-corrected chi connectivity index (χ4v) is 1.90. The number of nitrogens with zero attached hydrogens (tertiary/aromatic N) is 1. The number of amides is 1. The number of benzene rings is 1. The molecule has 1 aromatic heterocycles. The fraction of sp³-hybridized carbons (Fsp3) is 0.143. The second-order valence-corrected chi connectivity index (χ2v) is 4.66. The van der Waals surface area contributed by atoms with E-state index in [2.05, 4.69) is 0 Å². The van der Waals surface area contributed by atoms with Gasteiger partial charge in [-0.2, -0.15) is 0 Å². The first-order valence-corrected chi connectivity index (χ1v) is 6.17. The Morgan fingerprint density at radius 2 is 2.05 bits per heavy atom. The van der Waals surface area contributed by atoms with Gasteiger partial charge in [-0.25, -0.2) is 4.79 Å². The summed E-state index contributed by atoms with van der Waals surface area (Å²) in [6, 6.07) is 8.39. The Morgan fingerprint density at radius 1 is 1.35 bits per heavy atom. The molecule has 5 nitrogen and oxygen atoms in total. The third-order valence-electron chi connectivity index (χ3n) is 2.77. The summed E-state index contributed by atoms with van der Waals surface area (Å²) < 4.78 is 4.97. The Balaban J connectivity index is 2.12. The number of carbonyl (C=O) groups is 2. The maximum Gasteiger partial charge on any atom is 0.338 e. The molecule has 2 rings (SSSR count). The Bertz CT molecular complexity index is 650. The van der Waals surface area contributed by atoms with E-state index in [1.54, 1.807) is 19.2 Å². The lowest BCUT2D eigenvalue weighted by atomic mass is 10.2. The van der Waals surface area contributed by atoms with Crippen molar-refractivity contribution < 1.29 is 19.1 Å². The van der Waals surface area contributed by atoms with Crippen LogP contribution in [-0.2, 0) is 6.54 Å². The number of aromatic carboxylic acids is 1. The van der Waals surface area contributed by atoms with Gasteiger partial charge in [-0.05, 0) is 11.6 Å². The van der Waals surface area contributed by atoms with E-state index in [4.69, 9.17) is 21.1 Å². The molecule has 0 aliphatic carbocycles. The highest BCUT2D eigenvalue weighted by molar-refractivity contribution is 6.31. The Labute approximate surface area is 120 Å². The van der Waals surface area contributed by atoms with Gasteiger partial charge in [0.25, 0.3) is 5.91 Å². The monoisotopic (exact) mass is 293 g/mol. The molecule has 0 saturated carbocycles. The molecule has 20 heavy (non-hydrogen) atoms. The zero-order valence-electron chi connectivity index (χ0n) is 10.7. The van der Waals surface area contributed by atoms with Gasteiger partial charge in [0.05, 0.1) is 5.56 Å². The minimum absolute atomic E-state index is 0.0167. The predicted octanol–water partition coefficient (Wildman–Crippen LogP) is 2.90. The average molecular weight is 294 g/mol. The Kier molecular flexibility index (Phi) is 4.10. The molecule has 0 fully saturated rings. The quantitative estimate of drug-likeness (QED) is 0.941. The number of rotatable bonds is 4. The van der Waals surface area contributed by atoms with Crippen molar-refractivity contribution in [2.75, 3.05) is 7.05 Å². The van der Waals surface area contributed by atoms with Gasteiger partial charge in [0.15, 0.2) is 5.76 Å². The lowest BCUT2D eigenvalue weighted by Crippen LogP contribution is -2.25. The van der Waals surface area contributed by atoms with Crippen LogP contribution in [0.3, 0.4) is 0 Å². The number of hydrogen-bond donors (Lipinski definition) is 1.